The van der Waals surface area contributed by atoms with Crippen LogP contribution in [0.2, 0.25) is 0 Å². The summed E-state index contributed by atoms with van der Waals surface area (Å²) in [5.74, 6) is 0.947. The Kier molecular flexibility index (Phi) is 6.15. The number of amides is 1. The minimum atomic E-state index is 0.0185. The SMILES string of the molecule is CCNc1cc(C)ncc1C(=O)N(C)C(C)CSC. The molecule has 1 aromatic rings. The number of carbonyl (C=O) groups excluding carboxylic acids is 1. The smallest absolute Gasteiger partial charge is 0.257 e. The van der Waals surface area contributed by atoms with Gasteiger partial charge in [-0.15, -0.1) is 0 Å². The van der Waals surface area contributed by atoms with Gasteiger partial charge in [-0.2, -0.15) is 11.8 Å². The van der Waals surface area contributed by atoms with E-state index < -0.39 is 0 Å². The molecule has 106 valence electrons. The predicted octanol–water partition coefficient (Wildman–Crippen LogP) is 2.65. The molecular formula is C14H23N3OS. The Labute approximate surface area is 120 Å². The Bertz CT molecular complexity index is 437. The molecule has 0 saturated carbocycles. The first-order valence-corrected chi connectivity index (χ1v) is 7.87. The first-order valence-electron chi connectivity index (χ1n) is 6.47. The molecule has 0 fully saturated rings. The zero-order chi connectivity index (χ0) is 14.4. The number of hydrogen-bond acceptors (Lipinski definition) is 4. The van der Waals surface area contributed by atoms with Crippen molar-refractivity contribution in [3.63, 3.8) is 0 Å². The molecule has 0 spiro atoms. The highest BCUT2D eigenvalue weighted by Crippen LogP contribution is 2.18. The van der Waals surface area contributed by atoms with E-state index in [9.17, 15) is 4.79 Å². The van der Waals surface area contributed by atoms with E-state index in [1.807, 2.05) is 33.2 Å². The molecule has 0 radical (unpaired) electrons. The van der Waals surface area contributed by atoms with Crippen LogP contribution in [0.5, 0.6) is 0 Å². The molecule has 0 aliphatic carbocycles. The van der Waals surface area contributed by atoms with Crippen molar-refractivity contribution >= 4 is 23.4 Å². The third-order valence-corrected chi connectivity index (χ3v) is 3.84. The first kappa shape index (κ1) is 15.8. The third-order valence-electron chi connectivity index (χ3n) is 3.03. The second kappa shape index (κ2) is 7.38. The van der Waals surface area contributed by atoms with E-state index in [0.717, 1.165) is 23.7 Å². The summed E-state index contributed by atoms with van der Waals surface area (Å²) >= 11 is 1.74. The lowest BCUT2D eigenvalue weighted by Gasteiger charge is -2.25. The number of anilines is 1. The van der Waals surface area contributed by atoms with E-state index in [0.29, 0.717) is 5.56 Å². The van der Waals surface area contributed by atoms with Crippen molar-refractivity contribution in [1.29, 1.82) is 0 Å². The lowest BCUT2D eigenvalue weighted by Crippen LogP contribution is -2.37. The maximum Gasteiger partial charge on any atom is 0.257 e. The zero-order valence-corrected chi connectivity index (χ0v) is 13.2. The highest BCUT2D eigenvalue weighted by molar-refractivity contribution is 7.98. The number of rotatable bonds is 6. The lowest BCUT2D eigenvalue weighted by atomic mass is 10.1. The fraction of sp³-hybridized carbons (Fsp3) is 0.571. The number of thioether (sulfide) groups is 1. The number of nitrogens with one attached hydrogen (secondary N) is 1. The van der Waals surface area contributed by atoms with Crippen LogP contribution in [-0.2, 0) is 0 Å². The van der Waals surface area contributed by atoms with Gasteiger partial charge in [-0.3, -0.25) is 9.78 Å². The van der Waals surface area contributed by atoms with Crippen LogP contribution in [0, 0.1) is 6.92 Å². The van der Waals surface area contributed by atoms with Crippen molar-refractivity contribution in [1.82, 2.24) is 9.88 Å². The Morgan fingerprint density at radius 1 is 1.58 bits per heavy atom. The molecule has 0 aliphatic rings. The summed E-state index contributed by atoms with van der Waals surface area (Å²) < 4.78 is 0. The summed E-state index contributed by atoms with van der Waals surface area (Å²) in [7, 11) is 1.85. The minimum absolute atomic E-state index is 0.0185. The summed E-state index contributed by atoms with van der Waals surface area (Å²) in [6.07, 6.45) is 3.71. The van der Waals surface area contributed by atoms with Gasteiger partial charge in [-0.25, -0.2) is 0 Å². The van der Waals surface area contributed by atoms with Crippen LogP contribution in [0.15, 0.2) is 12.3 Å². The fourth-order valence-corrected chi connectivity index (χ4v) is 2.52. The third kappa shape index (κ3) is 4.13. The van der Waals surface area contributed by atoms with Gasteiger partial charge in [0, 0.05) is 37.3 Å². The van der Waals surface area contributed by atoms with E-state index in [4.69, 9.17) is 0 Å². The van der Waals surface area contributed by atoms with E-state index >= 15 is 0 Å². The molecule has 4 nitrogen and oxygen atoms in total. The van der Waals surface area contributed by atoms with Crippen molar-refractivity contribution in [3.05, 3.63) is 23.5 Å². The quantitative estimate of drug-likeness (QED) is 0.870. The number of pyridine rings is 1. The maximum absolute atomic E-state index is 12.5. The highest BCUT2D eigenvalue weighted by Gasteiger charge is 2.20. The van der Waals surface area contributed by atoms with Crippen molar-refractivity contribution in [3.8, 4) is 0 Å². The monoisotopic (exact) mass is 281 g/mol. The summed E-state index contributed by atoms with van der Waals surface area (Å²) in [6, 6.07) is 2.13. The second-order valence-corrected chi connectivity index (χ2v) is 5.53. The molecule has 0 aromatic carbocycles. The van der Waals surface area contributed by atoms with E-state index in [1.165, 1.54) is 0 Å². The van der Waals surface area contributed by atoms with Crippen LogP contribution in [0.4, 0.5) is 5.69 Å². The van der Waals surface area contributed by atoms with Gasteiger partial charge in [0.1, 0.15) is 0 Å². The Morgan fingerprint density at radius 2 is 2.26 bits per heavy atom. The molecule has 1 unspecified atom stereocenters. The number of hydrogen-bond donors (Lipinski definition) is 1. The van der Waals surface area contributed by atoms with Crippen LogP contribution in [-0.4, -0.2) is 47.4 Å². The van der Waals surface area contributed by atoms with Crippen molar-refractivity contribution in [2.45, 2.75) is 26.8 Å². The summed E-state index contributed by atoms with van der Waals surface area (Å²) in [5, 5.41) is 3.23. The average molecular weight is 281 g/mol. The molecule has 19 heavy (non-hydrogen) atoms. The minimum Gasteiger partial charge on any atom is -0.385 e. The summed E-state index contributed by atoms with van der Waals surface area (Å²) in [5.41, 5.74) is 2.42. The van der Waals surface area contributed by atoms with Crippen molar-refractivity contribution in [2.24, 2.45) is 0 Å². The maximum atomic E-state index is 12.5. The lowest BCUT2D eigenvalue weighted by molar-refractivity contribution is 0.0758. The van der Waals surface area contributed by atoms with Gasteiger partial charge in [0.25, 0.3) is 5.91 Å². The predicted molar refractivity (Wildman–Crippen MR) is 83.1 cm³/mol. The topological polar surface area (TPSA) is 45.2 Å². The van der Waals surface area contributed by atoms with Gasteiger partial charge in [-0.1, -0.05) is 0 Å². The normalized spacial score (nSPS) is 12.1. The molecule has 1 amide bonds. The van der Waals surface area contributed by atoms with E-state index in [1.54, 1.807) is 22.9 Å². The summed E-state index contributed by atoms with van der Waals surface area (Å²) in [4.78, 5) is 18.5. The van der Waals surface area contributed by atoms with E-state index in [2.05, 4.69) is 17.2 Å². The number of nitrogens with zero attached hydrogens (tertiary/aromatic N) is 2. The van der Waals surface area contributed by atoms with Gasteiger partial charge < -0.3 is 10.2 Å². The van der Waals surface area contributed by atoms with Crippen LogP contribution in [0.1, 0.15) is 29.9 Å². The van der Waals surface area contributed by atoms with Gasteiger partial charge in [0.15, 0.2) is 0 Å². The number of aryl methyl sites for hydroxylation is 1. The van der Waals surface area contributed by atoms with Crippen LogP contribution in [0.3, 0.4) is 0 Å². The molecule has 0 saturated heterocycles. The van der Waals surface area contributed by atoms with Gasteiger partial charge in [-0.05, 0) is 33.1 Å². The molecule has 1 N–H and O–H groups in total. The molecule has 5 heteroatoms. The van der Waals surface area contributed by atoms with Crippen LogP contribution < -0.4 is 5.32 Å². The van der Waals surface area contributed by atoms with Gasteiger partial charge in [0.05, 0.1) is 11.3 Å². The molecule has 1 atom stereocenters. The molecular weight excluding hydrogens is 258 g/mol. The number of carbonyl (C=O) groups is 1. The Morgan fingerprint density at radius 3 is 2.84 bits per heavy atom. The van der Waals surface area contributed by atoms with E-state index in [-0.39, 0.29) is 11.9 Å². The fourth-order valence-electron chi connectivity index (χ4n) is 1.81. The molecule has 1 heterocycles. The zero-order valence-electron chi connectivity index (χ0n) is 12.4. The molecule has 0 bridgehead atoms. The van der Waals surface area contributed by atoms with Gasteiger partial charge in [0.2, 0.25) is 0 Å². The molecule has 1 rings (SSSR count). The van der Waals surface area contributed by atoms with Crippen molar-refractivity contribution < 1.29 is 4.79 Å². The summed E-state index contributed by atoms with van der Waals surface area (Å²) in [6.45, 7) is 6.79. The largest absolute Gasteiger partial charge is 0.385 e. The van der Waals surface area contributed by atoms with Crippen molar-refractivity contribution in [2.75, 3.05) is 30.9 Å². The first-order chi connectivity index (χ1) is 9.01. The standard InChI is InChI=1S/C14H23N3OS/c1-6-15-13-7-10(2)16-8-12(13)14(18)17(4)11(3)9-19-5/h7-8,11H,6,9H2,1-5H3,(H,15,16). The Balaban J connectivity index is 2.98. The Hall–Kier alpha value is -1.23. The number of aromatic nitrogens is 1. The average Bonchev–Trinajstić information content (AvgIpc) is 2.38. The van der Waals surface area contributed by atoms with Crippen LogP contribution in [0.25, 0.3) is 0 Å². The molecule has 1 aromatic heterocycles. The van der Waals surface area contributed by atoms with Crippen LogP contribution >= 0.6 is 11.8 Å². The second-order valence-electron chi connectivity index (χ2n) is 4.62. The molecule has 0 aliphatic heterocycles. The van der Waals surface area contributed by atoms with Gasteiger partial charge >= 0.3 is 0 Å². The highest BCUT2D eigenvalue weighted by atomic mass is 32.2.